The molecule has 0 saturated heterocycles. The molecule has 0 radical (unpaired) electrons. The maximum Gasteiger partial charge on any atom is 0.419 e. The molecule has 2 N–H and O–H groups in total. The van der Waals surface area contributed by atoms with Crippen molar-refractivity contribution in [1.82, 2.24) is 4.98 Å². The van der Waals surface area contributed by atoms with Gasteiger partial charge in [0.15, 0.2) is 5.75 Å². The molecule has 10 heteroatoms. The molecule has 6 nitrogen and oxygen atoms in total. The zero-order chi connectivity index (χ0) is 23.8. The fraction of sp³-hybridized carbons (Fsp3) is 0.217. The molecular formula is C23H19F4N3O3. The average Bonchev–Trinajstić information content (AvgIpc) is 2.79. The summed E-state index contributed by atoms with van der Waals surface area (Å²) >= 11 is 0. The van der Waals surface area contributed by atoms with Crippen LogP contribution in [0.25, 0.3) is 0 Å². The lowest BCUT2D eigenvalue weighted by molar-refractivity contribution is -0.139. The van der Waals surface area contributed by atoms with E-state index in [9.17, 15) is 27.5 Å². The summed E-state index contributed by atoms with van der Waals surface area (Å²) in [5, 5.41) is 12.2. The molecule has 0 saturated carbocycles. The summed E-state index contributed by atoms with van der Waals surface area (Å²) in [4.78, 5) is 19.1. The minimum absolute atomic E-state index is 0.0537. The highest BCUT2D eigenvalue weighted by Crippen LogP contribution is 2.41. The smallest absolute Gasteiger partial charge is 0.419 e. The zero-order valence-corrected chi connectivity index (χ0v) is 17.4. The highest BCUT2D eigenvalue weighted by Gasteiger charge is 2.35. The van der Waals surface area contributed by atoms with Crippen LogP contribution in [-0.2, 0) is 6.18 Å². The van der Waals surface area contributed by atoms with Gasteiger partial charge in [0.2, 0.25) is 0 Å². The van der Waals surface area contributed by atoms with E-state index in [0.717, 1.165) is 11.6 Å². The van der Waals surface area contributed by atoms with E-state index in [2.05, 4.69) is 10.3 Å². The molecule has 1 aromatic heterocycles. The number of fused-ring (bicyclic) bond motifs is 1. The number of amides is 1. The Hall–Kier alpha value is -3.66. The van der Waals surface area contributed by atoms with E-state index < -0.39 is 29.5 Å². The van der Waals surface area contributed by atoms with Gasteiger partial charge in [0.1, 0.15) is 18.2 Å². The lowest BCUT2D eigenvalue weighted by atomic mass is 10.1. The number of carbonyl (C=O) groups excluding carboxylic acids is 1. The molecule has 1 atom stereocenters. The first-order chi connectivity index (χ1) is 15.7. The number of ether oxygens (including phenoxy) is 1. The van der Waals surface area contributed by atoms with Crippen LogP contribution in [0.2, 0.25) is 0 Å². The number of anilines is 3. The van der Waals surface area contributed by atoms with Gasteiger partial charge in [0, 0.05) is 11.9 Å². The fourth-order valence-electron chi connectivity index (χ4n) is 3.56. The number of aliphatic hydroxyl groups is 1. The van der Waals surface area contributed by atoms with Crippen LogP contribution in [-0.4, -0.2) is 35.3 Å². The summed E-state index contributed by atoms with van der Waals surface area (Å²) in [5.74, 6) is -1.43. The van der Waals surface area contributed by atoms with Crippen LogP contribution >= 0.6 is 0 Å². The Morgan fingerprint density at radius 3 is 2.70 bits per heavy atom. The second-order valence-electron chi connectivity index (χ2n) is 7.51. The molecule has 0 fully saturated rings. The van der Waals surface area contributed by atoms with Crippen molar-refractivity contribution in [2.45, 2.75) is 19.1 Å². The highest BCUT2D eigenvalue weighted by atomic mass is 19.4. The first-order valence-electron chi connectivity index (χ1n) is 9.95. The van der Waals surface area contributed by atoms with Crippen molar-refractivity contribution in [1.29, 1.82) is 0 Å². The third-order valence-electron chi connectivity index (χ3n) is 5.17. The molecule has 0 spiro atoms. The number of alkyl halides is 3. The first-order valence-corrected chi connectivity index (χ1v) is 9.95. The van der Waals surface area contributed by atoms with E-state index in [1.807, 2.05) is 13.0 Å². The number of aliphatic hydroxyl groups excluding tert-OH is 1. The SMILES string of the molecule is Cc1ccc(N2c3cccc(C(=O)Nc4ccc(F)c(C(F)(F)F)c4)c3OCC2CO)nc1. The van der Waals surface area contributed by atoms with E-state index in [4.69, 9.17) is 4.74 Å². The van der Waals surface area contributed by atoms with Crippen LogP contribution < -0.4 is 15.0 Å². The molecule has 2 aromatic carbocycles. The number of nitrogens with zero attached hydrogens (tertiary/aromatic N) is 2. The Morgan fingerprint density at radius 2 is 2.03 bits per heavy atom. The van der Waals surface area contributed by atoms with E-state index >= 15 is 0 Å². The van der Waals surface area contributed by atoms with Crippen LogP contribution in [0, 0.1) is 12.7 Å². The second-order valence-corrected chi connectivity index (χ2v) is 7.51. The quantitative estimate of drug-likeness (QED) is 0.552. The summed E-state index contributed by atoms with van der Waals surface area (Å²) in [6.07, 6.45) is -3.23. The van der Waals surface area contributed by atoms with Crippen LogP contribution in [0.1, 0.15) is 21.5 Å². The number of carbonyl (C=O) groups is 1. The predicted molar refractivity (Wildman–Crippen MR) is 113 cm³/mol. The molecule has 0 bridgehead atoms. The molecule has 1 aliphatic heterocycles. The topological polar surface area (TPSA) is 74.7 Å². The number of halogens is 4. The zero-order valence-electron chi connectivity index (χ0n) is 17.4. The molecule has 172 valence electrons. The largest absolute Gasteiger partial charge is 0.488 e. The second kappa shape index (κ2) is 8.70. The molecule has 1 unspecified atom stereocenters. The Balaban J connectivity index is 1.69. The predicted octanol–water partition coefficient (Wildman–Crippen LogP) is 4.69. The number of pyridine rings is 1. The molecule has 2 heterocycles. The number of aromatic nitrogens is 1. The van der Waals surface area contributed by atoms with Crippen LogP contribution in [0.5, 0.6) is 5.75 Å². The molecule has 1 amide bonds. The highest BCUT2D eigenvalue weighted by molar-refractivity contribution is 6.07. The number of benzene rings is 2. The number of rotatable bonds is 4. The summed E-state index contributed by atoms with van der Waals surface area (Å²) < 4.78 is 58.4. The van der Waals surface area contributed by atoms with Gasteiger partial charge in [-0.05, 0) is 48.9 Å². The number of aryl methyl sites for hydroxylation is 1. The lowest BCUT2D eigenvalue weighted by Crippen LogP contribution is -2.43. The standard InChI is InChI=1S/C23H19F4N3O3/c1-13-5-8-20(28-10-13)30-15(11-31)12-33-21-16(3-2-4-19(21)30)22(32)29-14-6-7-18(24)17(9-14)23(25,26)27/h2-10,15,31H,11-12H2,1H3,(H,29,32). The summed E-state index contributed by atoms with van der Waals surface area (Å²) in [5.41, 5.74) is -0.210. The molecule has 33 heavy (non-hydrogen) atoms. The maximum atomic E-state index is 13.6. The molecule has 1 aliphatic rings. The van der Waals surface area contributed by atoms with E-state index in [0.29, 0.717) is 23.6 Å². The van der Waals surface area contributed by atoms with Crippen LogP contribution in [0.4, 0.5) is 34.8 Å². The first kappa shape index (κ1) is 22.5. The minimum Gasteiger partial charge on any atom is -0.488 e. The van der Waals surface area contributed by atoms with Crippen molar-refractivity contribution in [2.24, 2.45) is 0 Å². The molecule has 0 aliphatic carbocycles. The van der Waals surface area contributed by atoms with Crippen LogP contribution in [0.3, 0.4) is 0 Å². The van der Waals surface area contributed by atoms with E-state index in [1.165, 1.54) is 6.07 Å². The maximum absolute atomic E-state index is 13.6. The van der Waals surface area contributed by atoms with Gasteiger partial charge >= 0.3 is 6.18 Å². The number of para-hydroxylation sites is 1. The normalized spacial score (nSPS) is 15.6. The third-order valence-corrected chi connectivity index (χ3v) is 5.17. The Morgan fingerprint density at radius 1 is 1.24 bits per heavy atom. The monoisotopic (exact) mass is 461 g/mol. The Bertz CT molecular complexity index is 1180. The fourth-order valence-corrected chi connectivity index (χ4v) is 3.56. The summed E-state index contributed by atoms with van der Waals surface area (Å²) in [7, 11) is 0. The van der Waals surface area contributed by atoms with Gasteiger partial charge in [-0.25, -0.2) is 9.37 Å². The minimum atomic E-state index is -4.90. The summed E-state index contributed by atoms with van der Waals surface area (Å²) in [6.45, 7) is 1.70. The van der Waals surface area contributed by atoms with E-state index in [-0.39, 0.29) is 30.2 Å². The van der Waals surface area contributed by atoms with Gasteiger partial charge in [0.05, 0.1) is 29.5 Å². The van der Waals surface area contributed by atoms with Crippen molar-refractivity contribution in [2.75, 3.05) is 23.4 Å². The number of nitrogens with one attached hydrogen (secondary N) is 1. The third kappa shape index (κ3) is 4.47. The van der Waals surface area contributed by atoms with Crippen molar-refractivity contribution in [3.8, 4) is 5.75 Å². The Labute approximate surface area is 186 Å². The number of hydrogen-bond acceptors (Lipinski definition) is 5. The van der Waals surface area contributed by atoms with Gasteiger partial charge in [-0.1, -0.05) is 12.1 Å². The Kier molecular flexibility index (Phi) is 5.94. The molecular weight excluding hydrogens is 442 g/mol. The van der Waals surface area contributed by atoms with Gasteiger partial charge in [-0.15, -0.1) is 0 Å². The van der Waals surface area contributed by atoms with E-state index in [1.54, 1.807) is 29.3 Å². The van der Waals surface area contributed by atoms with Crippen molar-refractivity contribution >= 4 is 23.1 Å². The van der Waals surface area contributed by atoms with Gasteiger partial charge in [-0.2, -0.15) is 13.2 Å². The molecule has 4 rings (SSSR count). The van der Waals surface area contributed by atoms with Crippen molar-refractivity contribution in [3.05, 3.63) is 77.2 Å². The van der Waals surface area contributed by atoms with Crippen molar-refractivity contribution in [3.63, 3.8) is 0 Å². The summed E-state index contributed by atoms with van der Waals surface area (Å²) in [6, 6.07) is 10.1. The van der Waals surface area contributed by atoms with Gasteiger partial charge in [-0.3, -0.25) is 4.79 Å². The molecule has 3 aromatic rings. The van der Waals surface area contributed by atoms with Gasteiger partial charge in [0.25, 0.3) is 5.91 Å². The van der Waals surface area contributed by atoms with Crippen LogP contribution in [0.15, 0.2) is 54.7 Å². The average molecular weight is 461 g/mol. The number of hydrogen-bond donors (Lipinski definition) is 2. The van der Waals surface area contributed by atoms with Crippen molar-refractivity contribution < 1.29 is 32.2 Å². The van der Waals surface area contributed by atoms with Gasteiger partial charge < -0.3 is 20.1 Å². The lowest BCUT2D eigenvalue weighted by Gasteiger charge is -2.37.